The second kappa shape index (κ2) is 17.0. The first-order valence-corrected chi connectivity index (χ1v) is 7.27. The molecule has 7 N–H and O–H groups in total. The Labute approximate surface area is 189 Å². The molecule has 0 bridgehead atoms. The van der Waals surface area contributed by atoms with Gasteiger partial charge in [0.2, 0.25) is 0 Å². The van der Waals surface area contributed by atoms with E-state index in [9.17, 15) is 35.1 Å². The molecule has 0 amide bonds. The van der Waals surface area contributed by atoms with E-state index in [0.717, 1.165) is 0 Å². The summed E-state index contributed by atoms with van der Waals surface area (Å²) in [6.45, 7) is 0. The molecule has 0 unspecified atom stereocenters. The Morgan fingerprint density at radius 2 is 0.500 bits per heavy atom. The molecular weight excluding hydrogens is 577 g/mol. The SMILES string of the molecule is O=C(O)C(F)(F)Cl.O=C(O)C(F)(F)Cl.O=C(O)C(F)(F)Cl.O=C(O)C(F)(F)Cl.OB(O)O. The third-order valence-corrected chi connectivity index (χ3v) is 1.62. The van der Waals surface area contributed by atoms with E-state index in [-0.39, 0.29) is 0 Å². The molecule has 0 radical (unpaired) electrons. The first-order valence-electron chi connectivity index (χ1n) is 5.75. The molecule has 0 atom stereocenters. The van der Waals surface area contributed by atoms with E-state index in [2.05, 4.69) is 46.4 Å². The predicted octanol–water partition coefficient (Wildman–Crippen LogP) is 1.56. The van der Waals surface area contributed by atoms with Gasteiger partial charge in [0.05, 0.1) is 0 Å². The number of alkyl halides is 12. The Morgan fingerprint density at radius 3 is 0.500 bits per heavy atom. The lowest BCUT2D eigenvalue weighted by Gasteiger charge is -1.95. The molecule has 0 aromatic carbocycles. The minimum absolute atomic E-state index is 2.17. The number of aliphatic carboxylic acids is 4. The predicted molar refractivity (Wildman–Crippen MR) is 86.2 cm³/mol. The van der Waals surface area contributed by atoms with E-state index in [1.165, 1.54) is 0 Å². The highest BCUT2D eigenvalue weighted by Crippen LogP contribution is 2.19. The maximum atomic E-state index is 11.0. The van der Waals surface area contributed by atoms with E-state index in [0.29, 0.717) is 0 Å². The quantitative estimate of drug-likeness (QED) is 0.143. The van der Waals surface area contributed by atoms with Crippen molar-refractivity contribution in [2.24, 2.45) is 0 Å². The van der Waals surface area contributed by atoms with Crippen LogP contribution < -0.4 is 0 Å². The number of carbonyl (C=O) groups is 4. The topological polar surface area (TPSA) is 210 Å². The van der Waals surface area contributed by atoms with E-state index in [4.69, 9.17) is 54.7 Å². The number of carboxylic acids is 4. The highest BCUT2D eigenvalue weighted by atomic mass is 35.5. The molecule has 0 aliphatic carbocycles. The zero-order chi connectivity index (χ0) is 27.9. The van der Waals surface area contributed by atoms with Gasteiger partial charge in [0, 0.05) is 0 Å². The smallest absolute Gasteiger partial charge is 0.476 e. The Morgan fingerprint density at radius 1 is 0.469 bits per heavy atom. The normalized spacial score (nSPS) is 10.7. The van der Waals surface area contributed by atoms with Gasteiger partial charge in [-0.3, -0.25) is 0 Å². The minimum atomic E-state index is -4.11. The fraction of sp³-hybridized carbons (Fsp3) is 0.500. The van der Waals surface area contributed by atoms with Crippen molar-refractivity contribution in [2.75, 3.05) is 0 Å². The average Bonchev–Trinajstić information content (AvgIpc) is 2.44. The van der Waals surface area contributed by atoms with Crippen molar-refractivity contribution in [3.63, 3.8) is 0 Å². The van der Waals surface area contributed by atoms with Gasteiger partial charge in [-0.1, -0.05) is 0 Å². The van der Waals surface area contributed by atoms with E-state index in [1.54, 1.807) is 0 Å². The molecule has 0 saturated carbocycles. The van der Waals surface area contributed by atoms with Gasteiger partial charge in [-0.15, -0.1) is 0 Å². The maximum absolute atomic E-state index is 11.0. The summed E-state index contributed by atoms with van der Waals surface area (Å²) >= 11 is 15.7. The van der Waals surface area contributed by atoms with Crippen LogP contribution in [0.4, 0.5) is 35.1 Å². The molecule has 0 aromatic heterocycles. The lowest BCUT2D eigenvalue weighted by atomic mass is 10.3. The van der Waals surface area contributed by atoms with Gasteiger partial charge in [0.25, 0.3) is 0 Å². The van der Waals surface area contributed by atoms with Crippen molar-refractivity contribution < 1.29 is 89.8 Å². The zero-order valence-electron chi connectivity index (χ0n) is 13.9. The molecule has 0 rings (SSSR count). The molecule has 192 valence electrons. The molecule has 0 aliphatic heterocycles. The molecule has 0 fully saturated rings. The second-order valence-electron chi connectivity index (χ2n) is 3.56. The number of carboxylic acid groups (broad SMARTS) is 4. The Kier molecular flexibility index (Phi) is 21.6. The molecule has 32 heavy (non-hydrogen) atoms. The van der Waals surface area contributed by atoms with Gasteiger partial charge < -0.3 is 35.5 Å². The molecule has 0 aromatic rings. The second-order valence-corrected chi connectivity index (χ2v) is 5.46. The van der Waals surface area contributed by atoms with Crippen molar-refractivity contribution in [3.8, 4) is 0 Å². The van der Waals surface area contributed by atoms with Gasteiger partial charge in [-0.2, -0.15) is 35.1 Å². The summed E-state index contributed by atoms with van der Waals surface area (Å²) < 4.78 is 88.1. The summed E-state index contributed by atoms with van der Waals surface area (Å²) in [5.74, 6) is -9.30. The molecule has 0 saturated heterocycles. The van der Waals surface area contributed by atoms with Crippen molar-refractivity contribution in [3.05, 3.63) is 0 Å². The number of halogens is 12. The molecule has 0 spiro atoms. The largest absolute Gasteiger partial charge is 0.631 e. The summed E-state index contributed by atoms with van der Waals surface area (Å²) in [7, 11) is -2.17. The van der Waals surface area contributed by atoms with Crippen molar-refractivity contribution in [1.82, 2.24) is 0 Å². The molecule has 11 nitrogen and oxygen atoms in total. The van der Waals surface area contributed by atoms with Gasteiger partial charge in [0.1, 0.15) is 0 Å². The van der Waals surface area contributed by atoms with Crippen LogP contribution in [0.3, 0.4) is 0 Å². The summed E-state index contributed by atoms with van der Waals surface area (Å²) in [5.41, 5.74) is 0. The van der Waals surface area contributed by atoms with Crippen molar-refractivity contribution in [2.45, 2.75) is 21.5 Å². The number of rotatable bonds is 4. The van der Waals surface area contributed by atoms with Crippen LogP contribution in [0.1, 0.15) is 0 Å². The van der Waals surface area contributed by atoms with E-state index < -0.39 is 52.7 Å². The maximum Gasteiger partial charge on any atom is 0.631 e. The van der Waals surface area contributed by atoms with Crippen LogP contribution in [-0.2, 0) is 19.2 Å². The number of hydrogen-bond donors (Lipinski definition) is 7. The summed E-state index contributed by atoms with van der Waals surface area (Å²) in [6, 6.07) is 0. The first kappa shape index (κ1) is 40.8. The third kappa shape index (κ3) is 42.5. The Hall–Kier alpha value is -1.58. The van der Waals surface area contributed by atoms with Crippen LogP contribution in [0.25, 0.3) is 0 Å². The lowest BCUT2D eigenvalue weighted by Crippen LogP contribution is -2.19. The van der Waals surface area contributed by atoms with Crippen molar-refractivity contribution >= 4 is 77.6 Å². The van der Waals surface area contributed by atoms with Crippen molar-refractivity contribution in [1.29, 1.82) is 0 Å². The number of hydrogen-bond acceptors (Lipinski definition) is 7. The monoisotopic (exact) mass is 582 g/mol. The fourth-order valence-corrected chi connectivity index (χ4v) is 0. The standard InChI is InChI=1S/4C2HClF2O2.BH3O3/c4*3-2(4,5)1(6)7;2-1(3)4/h4*(H,6,7);2-4H. The Balaban J connectivity index is -0.0000000960. The van der Waals surface area contributed by atoms with E-state index >= 15 is 0 Å². The lowest BCUT2D eigenvalue weighted by molar-refractivity contribution is -0.154. The average molecular weight is 584 g/mol. The molecule has 24 heteroatoms. The first-order chi connectivity index (χ1) is 13.5. The van der Waals surface area contributed by atoms with E-state index in [1.807, 2.05) is 0 Å². The van der Waals surface area contributed by atoms with Crippen LogP contribution in [0.15, 0.2) is 0 Å². The summed E-state index contributed by atoms with van der Waals surface area (Å²) in [5, 5.41) is 34.5. The highest BCUT2D eigenvalue weighted by molar-refractivity contribution is 6.32. The van der Waals surface area contributed by atoms with Crippen LogP contribution in [0, 0.1) is 0 Å². The van der Waals surface area contributed by atoms with Crippen LogP contribution in [-0.4, -0.2) is 88.2 Å². The van der Waals surface area contributed by atoms with Crippen LogP contribution in [0.2, 0.25) is 0 Å². The van der Waals surface area contributed by atoms with Gasteiger partial charge in [-0.25, -0.2) is 19.2 Å². The minimum Gasteiger partial charge on any atom is -0.476 e. The van der Waals surface area contributed by atoms with Gasteiger partial charge in [-0.05, 0) is 46.4 Å². The fourth-order valence-electron chi connectivity index (χ4n) is 0. The zero-order valence-corrected chi connectivity index (χ0v) is 16.9. The van der Waals surface area contributed by atoms with Gasteiger partial charge >= 0.3 is 52.7 Å². The molecule has 0 aliphatic rings. The summed E-state index contributed by atoms with van der Waals surface area (Å²) in [4.78, 5) is 36.6. The van der Waals surface area contributed by atoms with Crippen LogP contribution >= 0.6 is 46.4 Å². The third-order valence-electron chi connectivity index (χ3n) is 0.970. The molecular formula is C8H7BCl4F8O11. The van der Waals surface area contributed by atoms with Gasteiger partial charge in [0.15, 0.2) is 0 Å². The Bertz CT molecular complexity index is 490. The van der Waals surface area contributed by atoms with Crippen LogP contribution in [0.5, 0.6) is 0 Å². The summed E-state index contributed by atoms with van der Waals surface area (Å²) in [6.07, 6.45) is 0. The highest BCUT2D eigenvalue weighted by Gasteiger charge is 2.36. The molecule has 0 heterocycles.